The number of nitrogens with zero attached hydrogens (tertiary/aromatic N) is 5. The zero-order valence-corrected chi connectivity index (χ0v) is 30.4. The number of benzene rings is 4. The first-order valence-electron chi connectivity index (χ1n) is 18.2. The van der Waals surface area contributed by atoms with Crippen LogP contribution in [0.2, 0.25) is 0 Å². The summed E-state index contributed by atoms with van der Waals surface area (Å²) in [6.45, 7) is 10.4. The first-order valence-corrected chi connectivity index (χ1v) is 20.1. The van der Waals surface area contributed by atoms with Crippen LogP contribution in [-0.2, 0) is 32.9 Å². The Morgan fingerprint density at radius 2 is 1.33 bits per heavy atom. The molecule has 0 atom stereocenters. The van der Waals surface area contributed by atoms with E-state index in [4.69, 9.17) is 14.5 Å². The van der Waals surface area contributed by atoms with E-state index in [0.29, 0.717) is 10.9 Å². The van der Waals surface area contributed by atoms with Crippen molar-refractivity contribution in [2.24, 2.45) is 7.05 Å². The minimum atomic E-state index is -3.29. The van der Waals surface area contributed by atoms with E-state index in [0.717, 1.165) is 130 Å². The molecule has 0 bridgehead atoms. The van der Waals surface area contributed by atoms with E-state index in [2.05, 4.69) is 79.9 Å². The maximum atomic E-state index is 12.1. The van der Waals surface area contributed by atoms with Gasteiger partial charge in [-0.05, 0) is 83.6 Å². The van der Waals surface area contributed by atoms with Gasteiger partial charge in [0.15, 0.2) is 9.84 Å². The summed E-state index contributed by atoms with van der Waals surface area (Å²) in [5.41, 5.74) is 9.84. The van der Waals surface area contributed by atoms with E-state index in [1.165, 1.54) is 17.5 Å². The van der Waals surface area contributed by atoms with Crippen LogP contribution >= 0.6 is 0 Å². The zero-order valence-electron chi connectivity index (χ0n) is 29.6. The molecule has 0 spiro atoms. The number of anilines is 1. The van der Waals surface area contributed by atoms with Crippen LogP contribution in [0.1, 0.15) is 18.4 Å². The van der Waals surface area contributed by atoms with Crippen molar-refractivity contribution in [2.75, 3.05) is 76.9 Å². The highest BCUT2D eigenvalue weighted by Crippen LogP contribution is 2.37. The van der Waals surface area contributed by atoms with Crippen LogP contribution < -0.4 is 4.90 Å². The van der Waals surface area contributed by atoms with E-state index < -0.39 is 9.84 Å². The van der Waals surface area contributed by atoms with E-state index in [9.17, 15) is 8.42 Å². The molecule has 9 nitrogen and oxygen atoms in total. The second-order valence-corrected chi connectivity index (χ2v) is 16.2. The highest BCUT2D eigenvalue weighted by atomic mass is 32.2. The van der Waals surface area contributed by atoms with Gasteiger partial charge in [0.1, 0.15) is 5.82 Å². The van der Waals surface area contributed by atoms with Gasteiger partial charge in [-0.25, -0.2) is 13.4 Å². The van der Waals surface area contributed by atoms with Gasteiger partial charge < -0.3 is 18.9 Å². The number of sulfone groups is 1. The Bertz CT molecular complexity index is 2080. The number of morpholine rings is 1. The Hall–Kier alpha value is -4.06. The van der Waals surface area contributed by atoms with Crippen molar-refractivity contribution in [3.05, 3.63) is 90.5 Å². The predicted octanol–water partition coefficient (Wildman–Crippen LogP) is 6.11. The highest BCUT2D eigenvalue weighted by molar-refractivity contribution is 7.90. The van der Waals surface area contributed by atoms with Crippen molar-refractivity contribution in [3.8, 4) is 33.6 Å². The van der Waals surface area contributed by atoms with Gasteiger partial charge in [-0.1, -0.05) is 36.4 Å². The number of fused-ring (bicyclic) bond motifs is 1. The number of imidazole rings is 1. The number of piperazine rings is 1. The molecule has 3 saturated heterocycles. The molecule has 0 saturated carbocycles. The molecule has 0 aliphatic carbocycles. The molecule has 10 heteroatoms. The van der Waals surface area contributed by atoms with Gasteiger partial charge in [-0.2, -0.15) is 0 Å². The molecule has 0 radical (unpaired) electrons. The minimum Gasteiger partial charge on any atom is -0.381 e. The molecule has 0 N–H and O–H groups in total. The van der Waals surface area contributed by atoms with E-state index in [1.807, 2.05) is 19.2 Å². The SMILES string of the molecule is Cn1c(-c2ccc(S(C)(=O)=O)cc2)nc2c(-c3ccc(CN4CCOCC4)cc3)cc(-c3ccc(N4CCN(C5CCOCC5)CC4)cc3)cc21. The van der Waals surface area contributed by atoms with Gasteiger partial charge in [0.2, 0.25) is 0 Å². The smallest absolute Gasteiger partial charge is 0.175 e. The summed E-state index contributed by atoms with van der Waals surface area (Å²) in [4.78, 5) is 13.1. The van der Waals surface area contributed by atoms with Crippen molar-refractivity contribution in [1.82, 2.24) is 19.4 Å². The molecular weight excluding hydrogens is 659 g/mol. The Kier molecular flexibility index (Phi) is 9.69. The Labute approximate surface area is 301 Å². The molecule has 3 aliphatic rings. The summed E-state index contributed by atoms with van der Waals surface area (Å²) in [6, 6.07) is 30.1. The lowest BCUT2D eigenvalue weighted by molar-refractivity contribution is 0.0321. The van der Waals surface area contributed by atoms with Crippen LogP contribution in [0.15, 0.2) is 89.8 Å². The summed E-state index contributed by atoms with van der Waals surface area (Å²) in [7, 11) is -1.25. The Morgan fingerprint density at radius 3 is 2.00 bits per heavy atom. The van der Waals surface area contributed by atoms with Crippen LogP contribution in [-0.4, -0.2) is 106 Å². The average Bonchev–Trinajstić information content (AvgIpc) is 3.51. The number of aryl methyl sites for hydroxylation is 1. The predicted molar refractivity (Wildman–Crippen MR) is 204 cm³/mol. The van der Waals surface area contributed by atoms with Crippen LogP contribution in [0.25, 0.3) is 44.7 Å². The fraction of sp³-hybridized carbons (Fsp3) is 0.390. The number of ether oxygens (including phenoxy) is 2. The second-order valence-electron chi connectivity index (χ2n) is 14.2. The summed E-state index contributed by atoms with van der Waals surface area (Å²) in [5, 5.41) is 0. The third-order valence-corrected chi connectivity index (χ3v) is 12.0. The summed E-state index contributed by atoms with van der Waals surface area (Å²) in [5.74, 6) is 0.794. The van der Waals surface area contributed by atoms with E-state index in [-0.39, 0.29) is 0 Å². The largest absolute Gasteiger partial charge is 0.381 e. The third kappa shape index (κ3) is 7.34. The normalized spacial score (nSPS) is 18.4. The molecule has 266 valence electrons. The molecule has 4 heterocycles. The van der Waals surface area contributed by atoms with Crippen LogP contribution in [0.3, 0.4) is 0 Å². The number of hydrogen-bond donors (Lipinski definition) is 0. The molecule has 1 aromatic heterocycles. The first kappa shape index (κ1) is 34.0. The van der Waals surface area contributed by atoms with Crippen LogP contribution in [0.4, 0.5) is 5.69 Å². The fourth-order valence-corrected chi connectivity index (χ4v) is 8.48. The van der Waals surface area contributed by atoms with Crippen LogP contribution in [0.5, 0.6) is 0 Å². The Morgan fingerprint density at radius 1 is 0.706 bits per heavy atom. The summed E-state index contributed by atoms with van der Waals surface area (Å²) >= 11 is 0. The lowest BCUT2D eigenvalue weighted by atomic mass is 9.96. The number of rotatable bonds is 8. The van der Waals surface area contributed by atoms with Crippen molar-refractivity contribution < 1.29 is 17.9 Å². The van der Waals surface area contributed by atoms with Gasteiger partial charge in [0, 0.05) is 95.2 Å². The lowest BCUT2D eigenvalue weighted by Gasteiger charge is -2.41. The molecule has 3 aliphatic heterocycles. The topological polar surface area (TPSA) is 80.1 Å². The minimum absolute atomic E-state index is 0.301. The number of aromatic nitrogens is 2. The zero-order chi connectivity index (χ0) is 35.0. The van der Waals surface area contributed by atoms with Gasteiger partial charge >= 0.3 is 0 Å². The lowest BCUT2D eigenvalue weighted by Crippen LogP contribution is -2.51. The summed E-state index contributed by atoms with van der Waals surface area (Å²) in [6.07, 6.45) is 3.53. The third-order valence-electron chi connectivity index (χ3n) is 10.9. The quantitative estimate of drug-likeness (QED) is 0.192. The molecule has 3 fully saturated rings. The first-order chi connectivity index (χ1) is 24.8. The Balaban J connectivity index is 1.11. The second kappa shape index (κ2) is 14.5. The van der Waals surface area contributed by atoms with E-state index in [1.54, 1.807) is 12.1 Å². The standard InChI is InChI=1S/C41H47N5O4S/c1-43-39-28-34(31-7-11-35(12-8-31)45-17-19-46(20-18-45)36-15-23-49-24-16-36)27-38(32-5-3-30(4-6-32)29-44-21-25-50-26-22-44)40(39)42-41(43)33-9-13-37(14-10-33)51(2,47)48/h3-14,27-28,36H,15-26,29H2,1-2H3. The molecule has 8 rings (SSSR count). The van der Waals surface area contributed by atoms with Gasteiger partial charge in [0.25, 0.3) is 0 Å². The van der Waals surface area contributed by atoms with Gasteiger partial charge in [-0.15, -0.1) is 0 Å². The maximum Gasteiger partial charge on any atom is 0.175 e. The maximum absolute atomic E-state index is 12.1. The van der Waals surface area contributed by atoms with E-state index >= 15 is 0 Å². The number of hydrogen-bond acceptors (Lipinski definition) is 8. The average molecular weight is 706 g/mol. The van der Waals surface area contributed by atoms with Gasteiger partial charge in [0.05, 0.1) is 29.1 Å². The van der Waals surface area contributed by atoms with Crippen LogP contribution in [0, 0.1) is 0 Å². The fourth-order valence-electron chi connectivity index (χ4n) is 7.85. The molecule has 0 unspecified atom stereocenters. The van der Waals surface area contributed by atoms with Crippen molar-refractivity contribution in [3.63, 3.8) is 0 Å². The molecular formula is C41H47N5O4S. The summed E-state index contributed by atoms with van der Waals surface area (Å²) < 4.78 is 37.5. The molecule has 51 heavy (non-hydrogen) atoms. The van der Waals surface area contributed by atoms with Crippen molar-refractivity contribution in [1.29, 1.82) is 0 Å². The van der Waals surface area contributed by atoms with Crippen molar-refractivity contribution in [2.45, 2.75) is 30.3 Å². The molecule has 0 amide bonds. The monoisotopic (exact) mass is 705 g/mol. The molecule has 5 aromatic rings. The van der Waals surface area contributed by atoms with Gasteiger partial charge in [-0.3, -0.25) is 9.80 Å². The highest BCUT2D eigenvalue weighted by Gasteiger charge is 2.26. The van der Waals surface area contributed by atoms with Crippen molar-refractivity contribution >= 4 is 26.6 Å². The molecule has 4 aromatic carbocycles.